The highest BCUT2D eigenvalue weighted by molar-refractivity contribution is 6.32. The Morgan fingerprint density at radius 3 is 2.42 bits per heavy atom. The van der Waals surface area contributed by atoms with Crippen LogP contribution in [0.2, 0.25) is 5.02 Å². The van der Waals surface area contributed by atoms with Crippen LogP contribution in [-0.2, 0) is 9.53 Å². The first kappa shape index (κ1) is 22.0. The van der Waals surface area contributed by atoms with Crippen LogP contribution in [0.5, 0.6) is 17.2 Å². The number of aromatic nitrogens is 2. The standard InChI is InChI=1S/C21H20ClN3O6/c1-10(21(29)31-3)23-20(28)19-17(11-4-6-12(30-2)7-5-11)18(24-25-19)13-8-14(22)16(27)9-15(13)26/h4-10,26-27H,1-3H3,(H,23,28)(H,24,25). The van der Waals surface area contributed by atoms with Gasteiger partial charge in [-0.2, -0.15) is 5.10 Å². The number of halogens is 1. The average Bonchev–Trinajstić information content (AvgIpc) is 3.20. The van der Waals surface area contributed by atoms with Crippen molar-refractivity contribution in [3.63, 3.8) is 0 Å². The molecule has 3 aromatic rings. The number of phenols is 2. The average molecular weight is 446 g/mol. The molecule has 0 fully saturated rings. The Kier molecular flexibility index (Phi) is 6.36. The number of methoxy groups -OCH3 is 2. The van der Waals surface area contributed by atoms with Crippen LogP contribution in [0.15, 0.2) is 36.4 Å². The predicted molar refractivity (Wildman–Crippen MR) is 113 cm³/mol. The Morgan fingerprint density at radius 2 is 1.81 bits per heavy atom. The van der Waals surface area contributed by atoms with Crippen molar-refractivity contribution in [3.8, 4) is 39.6 Å². The molecule has 0 aliphatic carbocycles. The number of phenolic OH excluding ortho intramolecular Hbond substituents is 2. The molecule has 0 spiro atoms. The molecule has 1 heterocycles. The van der Waals surface area contributed by atoms with E-state index in [4.69, 9.17) is 16.3 Å². The zero-order chi connectivity index (χ0) is 22.7. The van der Waals surface area contributed by atoms with E-state index in [9.17, 15) is 19.8 Å². The molecule has 9 nitrogen and oxygen atoms in total. The first-order valence-corrected chi connectivity index (χ1v) is 9.48. The van der Waals surface area contributed by atoms with Gasteiger partial charge in [-0.25, -0.2) is 4.79 Å². The lowest BCUT2D eigenvalue weighted by Gasteiger charge is -2.13. The summed E-state index contributed by atoms with van der Waals surface area (Å²) in [5.74, 6) is -1.18. The lowest BCUT2D eigenvalue weighted by molar-refractivity contribution is -0.142. The molecule has 1 unspecified atom stereocenters. The van der Waals surface area contributed by atoms with Crippen LogP contribution in [0.25, 0.3) is 22.4 Å². The highest BCUT2D eigenvalue weighted by atomic mass is 35.5. The van der Waals surface area contributed by atoms with E-state index in [2.05, 4.69) is 20.3 Å². The van der Waals surface area contributed by atoms with Gasteiger partial charge >= 0.3 is 5.97 Å². The Morgan fingerprint density at radius 1 is 1.13 bits per heavy atom. The molecule has 4 N–H and O–H groups in total. The van der Waals surface area contributed by atoms with Gasteiger partial charge in [-0.1, -0.05) is 23.7 Å². The number of hydrogen-bond acceptors (Lipinski definition) is 7. The van der Waals surface area contributed by atoms with Gasteiger partial charge in [0.15, 0.2) is 0 Å². The summed E-state index contributed by atoms with van der Waals surface area (Å²) in [6.45, 7) is 1.49. The largest absolute Gasteiger partial charge is 0.507 e. The van der Waals surface area contributed by atoms with Crippen LogP contribution in [0, 0.1) is 0 Å². The third-order valence-electron chi connectivity index (χ3n) is 4.59. The number of nitrogens with zero attached hydrogens (tertiary/aromatic N) is 1. The molecule has 10 heteroatoms. The van der Waals surface area contributed by atoms with Gasteiger partial charge < -0.3 is 25.0 Å². The Balaban J connectivity index is 2.15. The highest BCUT2D eigenvalue weighted by Gasteiger charge is 2.26. The van der Waals surface area contributed by atoms with Crippen LogP contribution < -0.4 is 10.1 Å². The van der Waals surface area contributed by atoms with E-state index < -0.39 is 17.9 Å². The van der Waals surface area contributed by atoms with Gasteiger partial charge in [0.05, 0.1) is 19.2 Å². The summed E-state index contributed by atoms with van der Waals surface area (Å²) < 4.78 is 9.82. The van der Waals surface area contributed by atoms with Gasteiger partial charge in [-0.15, -0.1) is 0 Å². The van der Waals surface area contributed by atoms with Crippen LogP contribution in [0.1, 0.15) is 17.4 Å². The van der Waals surface area contributed by atoms with E-state index in [0.717, 1.165) is 6.07 Å². The molecule has 1 amide bonds. The molecule has 0 saturated heterocycles. The van der Waals surface area contributed by atoms with Crippen LogP contribution >= 0.6 is 11.6 Å². The quantitative estimate of drug-likeness (QED) is 0.428. The summed E-state index contributed by atoms with van der Waals surface area (Å²) in [5.41, 5.74) is 1.42. The number of H-pyrrole nitrogens is 1. The molecule has 1 aromatic heterocycles. The number of esters is 1. The fourth-order valence-corrected chi connectivity index (χ4v) is 3.15. The number of carbonyl (C=O) groups excluding carboxylic acids is 2. The smallest absolute Gasteiger partial charge is 0.328 e. The van der Waals surface area contributed by atoms with Crippen molar-refractivity contribution in [2.45, 2.75) is 13.0 Å². The molecule has 31 heavy (non-hydrogen) atoms. The lowest BCUT2D eigenvalue weighted by Crippen LogP contribution is -2.39. The van der Waals surface area contributed by atoms with Crippen molar-refractivity contribution < 1.29 is 29.3 Å². The number of aromatic hydroxyl groups is 2. The minimum Gasteiger partial charge on any atom is -0.507 e. The number of rotatable bonds is 6. The van der Waals surface area contributed by atoms with Gasteiger partial charge in [0.2, 0.25) is 0 Å². The fraction of sp³-hybridized carbons (Fsp3) is 0.190. The van der Waals surface area contributed by atoms with E-state index in [-0.39, 0.29) is 33.5 Å². The first-order valence-electron chi connectivity index (χ1n) is 9.10. The molecule has 0 saturated carbocycles. The van der Waals surface area contributed by atoms with E-state index >= 15 is 0 Å². The summed E-state index contributed by atoms with van der Waals surface area (Å²) in [4.78, 5) is 24.6. The van der Waals surface area contributed by atoms with E-state index in [1.54, 1.807) is 24.3 Å². The Hall–Kier alpha value is -3.72. The van der Waals surface area contributed by atoms with Crippen LogP contribution in [-0.4, -0.2) is 52.5 Å². The van der Waals surface area contributed by atoms with Crippen LogP contribution in [0.3, 0.4) is 0 Å². The summed E-state index contributed by atoms with van der Waals surface area (Å²) in [6.07, 6.45) is 0. The van der Waals surface area contributed by atoms with Gasteiger partial charge in [0, 0.05) is 17.2 Å². The Bertz CT molecular complexity index is 1130. The maximum Gasteiger partial charge on any atom is 0.328 e. The second-order valence-electron chi connectivity index (χ2n) is 6.59. The zero-order valence-electron chi connectivity index (χ0n) is 16.9. The van der Waals surface area contributed by atoms with Crippen molar-refractivity contribution in [3.05, 3.63) is 47.1 Å². The molecular weight excluding hydrogens is 426 g/mol. The topological polar surface area (TPSA) is 134 Å². The number of benzene rings is 2. The minimum atomic E-state index is -0.899. The molecule has 162 valence electrons. The van der Waals surface area contributed by atoms with Gasteiger partial charge in [-0.3, -0.25) is 9.89 Å². The van der Waals surface area contributed by atoms with Crippen LogP contribution in [0.4, 0.5) is 0 Å². The number of amides is 1. The molecule has 0 radical (unpaired) electrons. The maximum atomic E-state index is 12.9. The monoisotopic (exact) mass is 445 g/mol. The first-order chi connectivity index (χ1) is 14.8. The molecule has 1 atom stereocenters. The van der Waals surface area contributed by atoms with Gasteiger partial charge in [0.25, 0.3) is 5.91 Å². The molecular formula is C21H20ClN3O6. The number of hydrogen-bond donors (Lipinski definition) is 4. The molecule has 0 aliphatic heterocycles. The maximum absolute atomic E-state index is 12.9. The van der Waals surface area contributed by atoms with E-state index in [0.29, 0.717) is 16.9 Å². The van der Waals surface area contributed by atoms with E-state index in [1.165, 1.54) is 27.2 Å². The van der Waals surface area contributed by atoms with Crippen molar-refractivity contribution >= 4 is 23.5 Å². The molecule has 0 aliphatic rings. The normalized spacial score (nSPS) is 11.6. The number of aromatic amines is 1. The highest BCUT2D eigenvalue weighted by Crippen LogP contribution is 2.41. The van der Waals surface area contributed by atoms with Crippen molar-refractivity contribution in [2.75, 3.05) is 14.2 Å². The number of nitrogens with one attached hydrogen (secondary N) is 2. The summed E-state index contributed by atoms with van der Waals surface area (Å²) >= 11 is 6.02. The zero-order valence-corrected chi connectivity index (χ0v) is 17.6. The Labute approximate surface area is 182 Å². The molecule has 0 bridgehead atoms. The van der Waals surface area contributed by atoms with Crippen molar-refractivity contribution in [2.24, 2.45) is 0 Å². The second-order valence-corrected chi connectivity index (χ2v) is 7.00. The fourth-order valence-electron chi connectivity index (χ4n) is 2.98. The number of carbonyl (C=O) groups is 2. The summed E-state index contributed by atoms with van der Waals surface area (Å²) in [6, 6.07) is 8.37. The summed E-state index contributed by atoms with van der Waals surface area (Å²) in [7, 11) is 2.75. The molecule has 3 rings (SSSR count). The molecule has 2 aromatic carbocycles. The third-order valence-corrected chi connectivity index (χ3v) is 4.90. The number of ether oxygens (including phenoxy) is 2. The SMILES string of the molecule is COC(=O)C(C)NC(=O)c1[nH]nc(-c2cc(Cl)c(O)cc2O)c1-c1ccc(OC)cc1. The van der Waals surface area contributed by atoms with Crippen molar-refractivity contribution in [1.29, 1.82) is 0 Å². The van der Waals surface area contributed by atoms with Gasteiger partial charge in [0.1, 0.15) is 34.7 Å². The van der Waals surface area contributed by atoms with E-state index in [1.807, 2.05) is 0 Å². The van der Waals surface area contributed by atoms with Gasteiger partial charge in [-0.05, 0) is 30.7 Å². The minimum absolute atomic E-state index is 0.00166. The second kappa shape index (κ2) is 8.97. The third kappa shape index (κ3) is 4.41. The van der Waals surface area contributed by atoms with Crippen molar-refractivity contribution in [1.82, 2.24) is 15.5 Å². The summed E-state index contributed by atoms with van der Waals surface area (Å²) in [5, 5.41) is 29.5. The lowest BCUT2D eigenvalue weighted by atomic mass is 9.97. The predicted octanol–water partition coefficient (Wildman–Crippen LogP) is 3.11.